The monoisotopic (exact) mass is 277 g/mol. The summed E-state index contributed by atoms with van der Waals surface area (Å²) in [5.41, 5.74) is 1.05. The number of allylic oxidation sites excluding steroid dienone is 1. The molecule has 1 heterocycles. The lowest BCUT2D eigenvalue weighted by Gasteiger charge is -1.98. The first-order valence-electron chi connectivity index (χ1n) is 5.70. The van der Waals surface area contributed by atoms with Gasteiger partial charge in [0.05, 0.1) is 0 Å². The van der Waals surface area contributed by atoms with Crippen molar-refractivity contribution in [2.75, 3.05) is 6.61 Å². The molecule has 0 radical (unpaired) electrons. The predicted octanol–water partition coefficient (Wildman–Crippen LogP) is 3.68. The molecule has 5 heteroatoms. The van der Waals surface area contributed by atoms with Crippen molar-refractivity contribution in [2.24, 2.45) is 0 Å². The third-order valence-corrected chi connectivity index (χ3v) is 3.24. The molecule has 0 aliphatic heterocycles. The van der Waals surface area contributed by atoms with Crippen molar-refractivity contribution in [3.8, 4) is 10.6 Å². The Morgan fingerprint density at radius 3 is 2.84 bits per heavy atom. The lowest BCUT2D eigenvalue weighted by atomic mass is 10.2. The minimum atomic E-state index is -0.456. The molecule has 0 fully saturated rings. The van der Waals surface area contributed by atoms with Gasteiger partial charge in [0.1, 0.15) is 17.4 Å². The Kier molecular flexibility index (Phi) is 4.41. The minimum absolute atomic E-state index is 0.235. The smallest absolute Gasteiger partial charge is 0.358 e. The van der Waals surface area contributed by atoms with E-state index in [1.807, 2.05) is 6.92 Å². The number of hydrogen-bond acceptors (Lipinski definition) is 4. The van der Waals surface area contributed by atoms with Gasteiger partial charge in [0, 0.05) is 10.9 Å². The molecule has 0 aliphatic rings. The van der Waals surface area contributed by atoms with E-state index in [1.54, 1.807) is 29.7 Å². The molecule has 3 nitrogen and oxygen atoms in total. The Hall–Kier alpha value is -2.01. The van der Waals surface area contributed by atoms with Gasteiger partial charge in [-0.1, -0.05) is 12.2 Å². The molecule has 2 aromatic rings. The summed E-state index contributed by atoms with van der Waals surface area (Å²) in [6.07, 6.45) is 3.55. The Balaban J connectivity index is 2.10. The van der Waals surface area contributed by atoms with E-state index >= 15 is 0 Å². The zero-order valence-electron chi connectivity index (χ0n) is 10.3. The van der Waals surface area contributed by atoms with Crippen molar-refractivity contribution >= 4 is 17.3 Å². The average molecular weight is 277 g/mol. The summed E-state index contributed by atoms with van der Waals surface area (Å²) in [5, 5.41) is 2.30. The summed E-state index contributed by atoms with van der Waals surface area (Å²) < 4.78 is 17.8. The number of halogens is 1. The fourth-order valence-corrected chi connectivity index (χ4v) is 2.18. The fraction of sp³-hybridized carbons (Fsp3) is 0.143. The molecular weight excluding hydrogens is 265 g/mol. The second-order valence-corrected chi connectivity index (χ2v) is 4.57. The van der Waals surface area contributed by atoms with E-state index in [-0.39, 0.29) is 18.1 Å². The van der Waals surface area contributed by atoms with Gasteiger partial charge < -0.3 is 4.74 Å². The summed E-state index contributed by atoms with van der Waals surface area (Å²) in [4.78, 5) is 15.8. The summed E-state index contributed by atoms with van der Waals surface area (Å²) >= 11 is 1.32. The van der Waals surface area contributed by atoms with E-state index in [4.69, 9.17) is 4.74 Å². The van der Waals surface area contributed by atoms with Crippen LogP contribution < -0.4 is 0 Å². The normalized spacial score (nSPS) is 10.8. The second-order valence-electron chi connectivity index (χ2n) is 3.71. The fourth-order valence-electron chi connectivity index (χ4n) is 1.39. The quantitative estimate of drug-likeness (QED) is 0.632. The highest BCUT2D eigenvalue weighted by molar-refractivity contribution is 7.13. The standard InChI is InChI=1S/C14H12FNO2S/c1-2-3-8-18-14(17)12-9-19-13(16-12)10-4-6-11(15)7-5-10/h2-7,9H,8H2,1H3/b3-2+. The summed E-state index contributed by atoms with van der Waals surface area (Å²) in [5.74, 6) is -0.756. The number of rotatable bonds is 4. The molecular formula is C14H12FNO2S. The van der Waals surface area contributed by atoms with E-state index in [2.05, 4.69) is 4.98 Å². The van der Waals surface area contributed by atoms with Crippen LogP contribution in [0.4, 0.5) is 4.39 Å². The van der Waals surface area contributed by atoms with Crippen LogP contribution >= 0.6 is 11.3 Å². The number of carbonyl (C=O) groups is 1. The van der Waals surface area contributed by atoms with Crippen molar-refractivity contribution in [1.82, 2.24) is 4.98 Å². The summed E-state index contributed by atoms with van der Waals surface area (Å²) in [7, 11) is 0. The molecule has 19 heavy (non-hydrogen) atoms. The van der Waals surface area contributed by atoms with Gasteiger partial charge >= 0.3 is 5.97 Å². The SMILES string of the molecule is C/C=C/COC(=O)c1csc(-c2ccc(F)cc2)n1. The maximum atomic E-state index is 12.8. The van der Waals surface area contributed by atoms with Crippen molar-refractivity contribution in [2.45, 2.75) is 6.92 Å². The Bertz CT molecular complexity index is 590. The number of thiazole rings is 1. The van der Waals surface area contributed by atoms with E-state index in [0.29, 0.717) is 5.01 Å². The molecule has 0 atom stereocenters. The number of benzene rings is 1. The Morgan fingerprint density at radius 1 is 1.42 bits per heavy atom. The van der Waals surface area contributed by atoms with Crippen LogP contribution in [-0.2, 0) is 4.74 Å². The number of ether oxygens (including phenoxy) is 1. The third-order valence-electron chi connectivity index (χ3n) is 2.35. The number of esters is 1. The molecule has 2 rings (SSSR count). The van der Waals surface area contributed by atoms with E-state index in [0.717, 1.165) is 5.56 Å². The molecule has 0 aliphatic carbocycles. The topological polar surface area (TPSA) is 39.2 Å². The zero-order valence-corrected chi connectivity index (χ0v) is 11.1. The molecule has 0 bridgehead atoms. The Labute approximate surface area is 114 Å². The number of aromatic nitrogens is 1. The third kappa shape index (κ3) is 3.48. The van der Waals surface area contributed by atoms with Crippen molar-refractivity contribution in [3.63, 3.8) is 0 Å². The summed E-state index contributed by atoms with van der Waals surface area (Å²) in [6.45, 7) is 2.09. The first-order chi connectivity index (χ1) is 9.20. The lowest BCUT2D eigenvalue weighted by molar-refractivity contribution is 0.0543. The van der Waals surface area contributed by atoms with E-state index in [1.165, 1.54) is 23.5 Å². The molecule has 0 saturated heterocycles. The lowest BCUT2D eigenvalue weighted by Crippen LogP contribution is -2.05. The van der Waals surface area contributed by atoms with Gasteiger partial charge in [-0.15, -0.1) is 11.3 Å². The van der Waals surface area contributed by atoms with Gasteiger partial charge in [0.15, 0.2) is 5.69 Å². The van der Waals surface area contributed by atoms with Crippen LogP contribution in [0.3, 0.4) is 0 Å². The highest BCUT2D eigenvalue weighted by atomic mass is 32.1. The average Bonchev–Trinajstić information content (AvgIpc) is 2.89. The molecule has 0 saturated carbocycles. The van der Waals surface area contributed by atoms with Gasteiger partial charge in [0.25, 0.3) is 0 Å². The van der Waals surface area contributed by atoms with E-state index in [9.17, 15) is 9.18 Å². The van der Waals surface area contributed by atoms with Crippen molar-refractivity contribution in [1.29, 1.82) is 0 Å². The van der Waals surface area contributed by atoms with Crippen LogP contribution in [0.25, 0.3) is 10.6 Å². The maximum Gasteiger partial charge on any atom is 0.358 e. The van der Waals surface area contributed by atoms with Gasteiger partial charge in [-0.3, -0.25) is 0 Å². The highest BCUT2D eigenvalue weighted by Gasteiger charge is 2.12. The molecule has 0 spiro atoms. The van der Waals surface area contributed by atoms with Crippen molar-refractivity contribution in [3.05, 3.63) is 53.3 Å². The second kappa shape index (κ2) is 6.24. The van der Waals surface area contributed by atoms with Crippen LogP contribution in [0, 0.1) is 5.82 Å². The van der Waals surface area contributed by atoms with E-state index < -0.39 is 5.97 Å². The molecule has 98 valence electrons. The molecule has 1 aromatic heterocycles. The minimum Gasteiger partial charge on any atom is -0.457 e. The van der Waals surface area contributed by atoms with Crippen LogP contribution in [0.1, 0.15) is 17.4 Å². The molecule has 0 N–H and O–H groups in total. The maximum absolute atomic E-state index is 12.8. The van der Waals surface area contributed by atoms with Crippen LogP contribution in [0.15, 0.2) is 41.8 Å². The van der Waals surface area contributed by atoms with Gasteiger partial charge in [0.2, 0.25) is 0 Å². The number of hydrogen-bond donors (Lipinski definition) is 0. The number of nitrogens with zero attached hydrogens (tertiary/aromatic N) is 1. The van der Waals surface area contributed by atoms with Gasteiger partial charge in [-0.25, -0.2) is 14.2 Å². The van der Waals surface area contributed by atoms with Gasteiger partial charge in [-0.2, -0.15) is 0 Å². The highest BCUT2D eigenvalue weighted by Crippen LogP contribution is 2.24. The van der Waals surface area contributed by atoms with Crippen LogP contribution in [0.2, 0.25) is 0 Å². The zero-order chi connectivity index (χ0) is 13.7. The number of carbonyl (C=O) groups excluding carboxylic acids is 1. The molecule has 0 unspecified atom stereocenters. The largest absolute Gasteiger partial charge is 0.457 e. The van der Waals surface area contributed by atoms with Crippen molar-refractivity contribution < 1.29 is 13.9 Å². The van der Waals surface area contributed by atoms with Gasteiger partial charge in [-0.05, 0) is 31.2 Å². The molecule has 1 aromatic carbocycles. The molecule has 0 amide bonds. The summed E-state index contributed by atoms with van der Waals surface area (Å²) in [6, 6.07) is 5.98. The first kappa shape index (κ1) is 13.4. The first-order valence-corrected chi connectivity index (χ1v) is 6.58. The Morgan fingerprint density at radius 2 is 2.16 bits per heavy atom. The van der Waals surface area contributed by atoms with Crippen LogP contribution in [-0.4, -0.2) is 17.6 Å². The predicted molar refractivity (Wildman–Crippen MR) is 72.6 cm³/mol. The van der Waals surface area contributed by atoms with Crippen LogP contribution in [0.5, 0.6) is 0 Å².